The van der Waals surface area contributed by atoms with Gasteiger partial charge in [0.2, 0.25) is 5.91 Å². The van der Waals surface area contributed by atoms with E-state index in [0.29, 0.717) is 40.5 Å². The molecule has 0 spiro atoms. The molecule has 2 aromatic carbocycles. The number of benzene rings is 2. The highest BCUT2D eigenvalue weighted by Gasteiger charge is 2.24. The summed E-state index contributed by atoms with van der Waals surface area (Å²) in [7, 11) is 1.61. The summed E-state index contributed by atoms with van der Waals surface area (Å²) in [5.74, 6) is 1.85. The molecule has 1 amide bonds. The number of aromatic nitrogens is 3. The topological polar surface area (TPSA) is 69.5 Å². The SMILES string of the molecule is C=CC(=O)N1CCC(Oc2cc3c(-n4ccc5c(Cl)c(Cl)c(C)cc54)ncnc3cc2OC)CC1. The van der Waals surface area contributed by atoms with Crippen molar-refractivity contribution in [3.8, 4) is 17.3 Å². The molecule has 1 saturated heterocycles. The summed E-state index contributed by atoms with van der Waals surface area (Å²) in [6.07, 6.45) is 6.20. The number of halogens is 2. The van der Waals surface area contributed by atoms with Crippen LogP contribution in [-0.2, 0) is 4.79 Å². The summed E-state index contributed by atoms with van der Waals surface area (Å²) in [6, 6.07) is 7.70. The van der Waals surface area contributed by atoms with Crippen molar-refractivity contribution in [1.82, 2.24) is 19.4 Å². The van der Waals surface area contributed by atoms with Crippen LogP contribution < -0.4 is 9.47 Å². The maximum absolute atomic E-state index is 11.9. The number of carbonyl (C=O) groups excluding carboxylic acids is 1. The van der Waals surface area contributed by atoms with Crippen molar-refractivity contribution in [2.24, 2.45) is 0 Å². The van der Waals surface area contributed by atoms with E-state index in [1.807, 2.05) is 42.0 Å². The number of hydrogen-bond donors (Lipinski definition) is 0. The summed E-state index contributed by atoms with van der Waals surface area (Å²) < 4.78 is 14.0. The maximum Gasteiger partial charge on any atom is 0.245 e. The summed E-state index contributed by atoms with van der Waals surface area (Å²) in [5.41, 5.74) is 2.51. The molecule has 35 heavy (non-hydrogen) atoms. The second-order valence-electron chi connectivity index (χ2n) is 8.50. The van der Waals surface area contributed by atoms with E-state index >= 15 is 0 Å². The molecule has 2 aromatic heterocycles. The summed E-state index contributed by atoms with van der Waals surface area (Å²) >= 11 is 12.9. The van der Waals surface area contributed by atoms with Crippen LogP contribution >= 0.6 is 23.2 Å². The zero-order valence-electron chi connectivity index (χ0n) is 19.4. The molecule has 5 rings (SSSR count). The quantitative estimate of drug-likeness (QED) is 0.319. The van der Waals surface area contributed by atoms with E-state index in [9.17, 15) is 4.79 Å². The molecule has 0 aliphatic carbocycles. The molecule has 7 nitrogen and oxygen atoms in total. The van der Waals surface area contributed by atoms with Crippen LogP contribution in [0.25, 0.3) is 27.6 Å². The predicted molar refractivity (Wildman–Crippen MR) is 138 cm³/mol. The Balaban J connectivity index is 1.55. The highest BCUT2D eigenvalue weighted by atomic mass is 35.5. The first-order chi connectivity index (χ1) is 16.9. The number of likely N-dealkylation sites (tertiary alicyclic amines) is 1. The fraction of sp³-hybridized carbons (Fsp3) is 0.269. The second kappa shape index (κ2) is 9.40. The normalized spacial score (nSPS) is 14.5. The Kier molecular flexibility index (Phi) is 6.30. The number of piperidine rings is 1. The van der Waals surface area contributed by atoms with Crippen LogP contribution in [0.2, 0.25) is 10.0 Å². The Morgan fingerprint density at radius 3 is 2.60 bits per heavy atom. The lowest BCUT2D eigenvalue weighted by Gasteiger charge is -2.31. The Morgan fingerprint density at radius 1 is 1.11 bits per heavy atom. The minimum absolute atomic E-state index is 0.0423. The predicted octanol–water partition coefficient (Wildman–Crippen LogP) is 5.75. The Labute approximate surface area is 212 Å². The Morgan fingerprint density at radius 2 is 1.89 bits per heavy atom. The largest absolute Gasteiger partial charge is 0.493 e. The monoisotopic (exact) mass is 510 g/mol. The number of aryl methyl sites for hydroxylation is 1. The van der Waals surface area contributed by atoms with Crippen LogP contribution in [0.5, 0.6) is 11.5 Å². The van der Waals surface area contributed by atoms with Crippen LogP contribution in [0.15, 0.2) is 49.4 Å². The van der Waals surface area contributed by atoms with Gasteiger partial charge in [0.25, 0.3) is 0 Å². The molecule has 0 N–H and O–H groups in total. The molecule has 0 bridgehead atoms. The van der Waals surface area contributed by atoms with Gasteiger partial charge in [0.1, 0.15) is 18.2 Å². The van der Waals surface area contributed by atoms with E-state index in [2.05, 4.69) is 16.5 Å². The lowest BCUT2D eigenvalue weighted by atomic mass is 10.1. The minimum atomic E-state index is -0.0518. The second-order valence-corrected chi connectivity index (χ2v) is 9.26. The third-order valence-corrected chi connectivity index (χ3v) is 7.38. The smallest absolute Gasteiger partial charge is 0.245 e. The van der Waals surface area contributed by atoms with Gasteiger partial charge in [-0.05, 0) is 36.8 Å². The van der Waals surface area contributed by atoms with E-state index in [1.165, 1.54) is 12.4 Å². The number of amides is 1. The van der Waals surface area contributed by atoms with Crippen LogP contribution in [0.3, 0.4) is 0 Å². The highest BCUT2D eigenvalue weighted by molar-refractivity contribution is 6.45. The van der Waals surface area contributed by atoms with E-state index in [1.54, 1.807) is 12.0 Å². The highest BCUT2D eigenvalue weighted by Crippen LogP contribution is 2.38. The number of nitrogens with zero attached hydrogens (tertiary/aromatic N) is 4. The number of carbonyl (C=O) groups is 1. The van der Waals surface area contributed by atoms with Crippen molar-refractivity contribution in [2.75, 3.05) is 20.2 Å². The molecular formula is C26H24Cl2N4O3. The van der Waals surface area contributed by atoms with Crippen molar-refractivity contribution in [3.05, 3.63) is 65.1 Å². The van der Waals surface area contributed by atoms with Crippen molar-refractivity contribution < 1.29 is 14.3 Å². The zero-order valence-corrected chi connectivity index (χ0v) is 20.9. The maximum atomic E-state index is 11.9. The van der Waals surface area contributed by atoms with Gasteiger partial charge in [-0.2, -0.15) is 0 Å². The Hall–Kier alpha value is -3.29. The van der Waals surface area contributed by atoms with Crippen molar-refractivity contribution in [1.29, 1.82) is 0 Å². The van der Waals surface area contributed by atoms with Gasteiger partial charge in [-0.25, -0.2) is 9.97 Å². The fourth-order valence-electron chi connectivity index (χ4n) is 4.52. The Bertz CT molecular complexity index is 1460. The lowest BCUT2D eigenvalue weighted by Crippen LogP contribution is -2.41. The molecule has 180 valence electrons. The lowest BCUT2D eigenvalue weighted by molar-refractivity contribution is -0.127. The van der Waals surface area contributed by atoms with Crippen LogP contribution in [0.4, 0.5) is 0 Å². The van der Waals surface area contributed by atoms with E-state index in [-0.39, 0.29) is 12.0 Å². The van der Waals surface area contributed by atoms with Crippen molar-refractivity contribution in [2.45, 2.75) is 25.9 Å². The van der Waals surface area contributed by atoms with Gasteiger partial charge in [-0.15, -0.1) is 0 Å². The summed E-state index contributed by atoms with van der Waals surface area (Å²) in [4.78, 5) is 22.7. The third kappa shape index (κ3) is 4.19. The number of fused-ring (bicyclic) bond motifs is 2. The minimum Gasteiger partial charge on any atom is -0.493 e. The molecule has 9 heteroatoms. The van der Waals surface area contributed by atoms with Crippen LogP contribution in [0.1, 0.15) is 18.4 Å². The van der Waals surface area contributed by atoms with Gasteiger partial charge in [0.05, 0.1) is 28.2 Å². The summed E-state index contributed by atoms with van der Waals surface area (Å²) in [5, 5.41) is 2.72. The standard InChI is InChI=1S/C26H24Cl2N4O3/c1-4-23(33)31-8-5-16(6-9-31)35-22-12-18-19(13-21(22)34-3)29-14-30-26(18)32-10-7-17-20(32)11-15(2)24(27)25(17)28/h4,7,10-14,16H,1,5-6,8-9H2,2-3H3. The van der Waals surface area contributed by atoms with E-state index < -0.39 is 0 Å². The van der Waals surface area contributed by atoms with Gasteiger partial charge in [-0.1, -0.05) is 29.8 Å². The van der Waals surface area contributed by atoms with Gasteiger partial charge < -0.3 is 18.9 Å². The number of methoxy groups -OCH3 is 1. The number of ether oxygens (including phenoxy) is 2. The first-order valence-corrected chi connectivity index (χ1v) is 12.0. The average molecular weight is 511 g/mol. The fourth-order valence-corrected chi connectivity index (χ4v) is 4.98. The third-order valence-electron chi connectivity index (χ3n) is 6.40. The summed E-state index contributed by atoms with van der Waals surface area (Å²) in [6.45, 7) is 6.74. The molecule has 1 aliphatic heterocycles. The first kappa shape index (κ1) is 23.5. The van der Waals surface area contributed by atoms with Gasteiger partial charge in [-0.3, -0.25) is 4.79 Å². The molecular weight excluding hydrogens is 487 g/mol. The molecule has 0 radical (unpaired) electrons. The van der Waals surface area contributed by atoms with Crippen LogP contribution in [-0.4, -0.2) is 51.6 Å². The molecule has 0 unspecified atom stereocenters. The zero-order chi connectivity index (χ0) is 24.7. The molecule has 4 aromatic rings. The van der Waals surface area contributed by atoms with E-state index in [4.69, 9.17) is 32.7 Å². The molecule has 1 aliphatic rings. The molecule has 0 saturated carbocycles. The number of hydrogen-bond acceptors (Lipinski definition) is 5. The van der Waals surface area contributed by atoms with E-state index in [0.717, 1.165) is 40.2 Å². The number of rotatable bonds is 5. The average Bonchev–Trinajstić information content (AvgIpc) is 3.30. The van der Waals surface area contributed by atoms with Gasteiger partial charge in [0, 0.05) is 49.0 Å². The molecule has 1 fully saturated rings. The molecule has 0 atom stereocenters. The van der Waals surface area contributed by atoms with Crippen LogP contribution in [0, 0.1) is 6.92 Å². The van der Waals surface area contributed by atoms with Crippen molar-refractivity contribution >= 4 is 50.9 Å². The van der Waals surface area contributed by atoms with Gasteiger partial charge >= 0.3 is 0 Å². The van der Waals surface area contributed by atoms with Crippen molar-refractivity contribution in [3.63, 3.8) is 0 Å². The first-order valence-electron chi connectivity index (χ1n) is 11.3. The van der Waals surface area contributed by atoms with Gasteiger partial charge in [0.15, 0.2) is 11.5 Å². The molecule has 3 heterocycles.